The lowest BCUT2D eigenvalue weighted by Gasteiger charge is -2.18. The molecule has 0 aliphatic carbocycles. The molecule has 102 valence electrons. The number of hydrogen-bond acceptors (Lipinski definition) is 4. The molecule has 2 heterocycles. The summed E-state index contributed by atoms with van der Waals surface area (Å²) in [5, 5.41) is 0. The zero-order valence-corrected chi connectivity index (χ0v) is 11.6. The Labute approximate surface area is 117 Å². The molecule has 1 aromatic carbocycles. The topological polar surface area (TPSA) is 70.8 Å². The minimum absolute atomic E-state index is 0.456. The molecule has 0 amide bonds. The van der Waals surface area contributed by atoms with Crippen LogP contribution in [0, 0.1) is 0 Å². The number of pyridine rings is 1. The first-order valence-corrected chi connectivity index (χ1v) is 6.49. The first-order valence-electron chi connectivity index (χ1n) is 6.49. The first-order chi connectivity index (χ1) is 9.70. The second-order valence-corrected chi connectivity index (χ2v) is 4.89. The molecule has 0 saturated carbocycles. The summed E-state index contributed by atoms with van der Waals surface area (Å²) < 4.78 is 0. The molecule has 2 aromatic heterocycles. The molecule has 5 nitrogen and oxygen atoms in total. The first kappa shape index (κ1) is 12.6. The van der Waals surface area contributed by atoms with E-state index >= 15 is 0 Å². The number of aromatic nitrogens is 3. The molecule has 5 heteroatoms. The third-order valence-corrected chi connectivity index (χ3v) is 3.39. The van der Waals surface area contributed by atoms with Gasteiger partial charge in [-0.15, -0.1) is 0 Å². The Morgan fingerprint density at radius 2 is 2.05 bits per heavy atom. The molecule has 0 atom stereocenters. The highest BCUT2D eigenvalue weighted by Gasteiger charge is 2.12. The van der Waals surface area contributed by atoms with Crippen molar-refractivity contribution < 1.29 is 0 Å². The summed E-state index contributed by atoms with van der Waals surface area (Å²) in [7, 11) is 3.95. The van der Waals surface area contributed by atoms with Gasteiger partial charge < -0.3 is 15.6 Å². The van der Waals surface area contributed by atoms with E-state index < -0.39 is 0 Å². The molecule has 0 spiro atoms. The van der Waals surface area contributed by atoms with Gasteiger partial charge in [0.05, 0.1) is 17.4 Å². The Morgan fingerprint density at radius 3 is 2.80 bits per heavy atom. The van der Waals surface area contributed by atoms with Crippen molar-refractivity contribution in [3.63, 3.8) is 0 Å². The van der Waals surface area contributed by atoms with E-state index in [2.05, 4.69) is 27.1 Å². The zero-order valence-electron chi connectivity index (χ0n) is 11.6. The number of aromatic amines is 1. The highest BCUT2D eigenvalue weighted by atomic mass is 15.1. The van der Waals surface area contributed by atoms with Crippen LogP contribution in [0.1, 0.15) is 5.56 Å². The van der Waals surface area contributed by atoms with Crippen molar-refractivity contribution in [1.29, 1.82) is 0 Å². The molecule has 0 aliphatic heterocycles. The molecule has 0 saturated heterocycles. The van der Waals surface area contributed by atoms with Gasteiger partial charge in [-0.2, -0.15) is 0 Å². The van der Waals surface area contributed by atoms with Crippen molar-refractivity contribution in [1.82, 2.24) is 15.0 Å². The van der Waals surface area contributed by atoms with Crippen LogP contribution < -0.4 is 10.6 Å². The molecule has 0 aliphatic rings. The van der Waals surface area contributed by atoms with E-state index in [1.165, 1.54) is 0 Å². The van der Waals surface area contributed by atoms with Crippen molar-refractivity contribution in [2.45, 2.75) is 6.54 Å². The minimum atomic E-state index is 0.456. The predicted molar refractivity (Wildman–Crippen MR) is 81.5 cm³/mol. The largest absolute Gasteiger partial charge is 0.362 e. The van der Waals surface area contributed by atoms with Crippen molar-refractivity contribution in [2.75, 3.05) is 19.0 Å². The van der Waals surface area contributed by atoms with Crippen LogP contribution in [0.5, 0.6) is 0 Å². The van der Waals surface area contributed by atoms with E-state index in [4.69, 9.17) is 5.73 Å². The number of benzene rings is 1. The van der Waals surface area contributed by atoms with E-state index in [9.17, 15) is 0 Å². The van der Waals surface area contributed by atoms with Gasteiger partial charge in [0.25, 0.3) is 0 Å². The quantitative estimate of drug-likeness (QED) is 0.762. The summed E-state index contributed by atoms with van der Waals surface area (Å²) in [5.41, 5.74) is 11.2. The Hall–Kier alpha value is -2.40. The number of rotatable bonds is 3. The summed E-state index contributed by atoms with van der Waals surface area (Å²) in [6.45, 7) is 0.456. The third-order valence-electron chi connectivity index (χ3n) is 3.39. The van der Waals surface area contributed by atoms with Gasteiger partial charge in [-0.05, 0) is 29.3 Å². The normalized spacial score (nSPS) is 10.9. The number of nitrogens with zero attached hydrogens (tertiary/aromatic N) is 3. The number of anilines is 1. The Morgan fingerprint density at radius 1 is 1.20 bits per heavy atom. The van der Waals surface area contributed by atoms with Crippen molar-refractivity contribution >= 4 is 16.9 Å². The molecule has 0 radical (unpaired) electrons. The Kier molecular flexibility index (Phi) is 3.12. The summed E-state index contributed by atoms with van der Waals surface area (Å²) in [5.74, 6) is 0.912. The molecule has 3 N–H and O–H groups in total. The van der Waals surface area contributed by atoms with Gasteiger partial charge in [0.2, 0.25) is 0 Å². The standard InChI is InChI=1S/C15H17N5/c1-20(2)15-12(8-16)11(5-6-17-15)10-3-4-13-14(7-10)19-9-18-13/h3-7,9H,8,16H2,1-2H3,(H,18,19). The summed E-state index contributed by atoms with van der Waals surface area (Å²) in [6.07, 6.45) is 3.52. The lowest BCUT2D eigenvalue weighted by Crippen LogP contribution is -2.15. The maximum atomic E-state index is 5.93. The molecular formula is C15H17N5. The van der Waals surface area contributed by atoms with Crippen LogP contribution >= 0.6 is 0 Å². The van der Waals surface area contributed by atoms with Gasteiger partial charge in [0.1, 0.15) is 5.82 Å². The van der Waals surface area contributed by atoms with Gasteiger partial charge in [-0.3, -0.25) is 0 Å². The van der Waals surface area contributed by atoms with E-state index in [1.54, 1.807) is 6.33 Å². The Bertz CT molecular complexity index is 745. The molecule has 3 aromatic rings. The van der Waals surface area contributed by atoms with Crippen LogP contribution in [0.3, 0.4) is 0 Å². The minimum Gasteiger partial charge on any atom is -0.362 e. The van der Waals surface area contributed by atoms with E-state index in [1.807, 2.05) is 37.3 Å². The average Bonchev–Trinajstić information content (AvgIpc) is 2.93. The second kappa shape index (κ2) is 4.94. The number of nitrogens with two attached hydrogens (primary N) is 1. The van der Waals surface area contributed by atoms with E-state index in [0.29, 0.717) is 6.54 Å². The maximum absolute atomic E-state index is 5.93. The molecule has 3 rings (SSSR count). The lowest BCUT2D eigenvalue weighted by molar-refractivity contribution is 0.988. The SMILES string of the molecule is CN(C)c1nccc(-c2ccc3nc[nH]c3c2)c1CN. The molecule has 0 fully saturated rings. The third kappa shape index (κ3) is 2.02. The fraction of sp³-hybridized carbons (Fsp3) is 0.200. The lowest BCUT2D eigenvalue weighted by atomic mass is 10.00. The summed E-state index contributed by atoms with van der Waals surface area (Å²) in [6, 6.07) is 8.18. The highest BCUT2D eigenvalue weighted by Crippen LogP contribution is 2.30. The fourth-order valence-corrected chi connectivity index (χ4v) is 2.44. The summed E-state index contributed by atoms with van der Waals surface area (Å²) >= 11 is 0. The van der Waals surface area contributed by atoms with E-state index in [0.717, 1.165) is 33.5 Å². The van der Waals surface area contributed by atoms with Gasteiger partial charge in [0, 0.05) is 32.4 Å². The van der Waals surface area contributed by atoms with Crippen LogP contribution in [-0.2, 0) is 6.54 Å². The van der Waals surface area contributed by atoms with Crippen molar-refractivity contribution in [3.05, 3.63) is 42.4 Å². The highest BCUT2D eigenvalue weighted by molar-refractivity contribution is 5.83. The molecule has 0 bridgehead atoms. The predicted octanol–water partition coefficient (Wildman–Crippen LogP) is 2.15. The van der Waals surface area contributed by atoms with E-state index in [-0.39, 0.29) is 0 Å². The van der Waals surface area contributed by atoms with Crippen LogP contribution in [0.15, 0.2) is 36.8 Å². The smallest absolute Gasteiger partial charge is 0.133 e. The van der Waals surface area contributed by atoms with Crippen LogP contribution in [0.4, 0.5) is 5.82 Å². The van der Waals surface area contributed by atoms with Crippen LogP contribution in [0.25, 0.3) is 22.2 Å². The zero-order chi connectivity index (χ0) is 14.1. The van der Waals surface area contributed by atoms with Gasteiger partial charge in [-0.1, -0.05) is 6.07 Å². The number of hydrogen-bond donors (Lipinski definition) is 2. The van der Waals surface area contributed by atoms with Gasteiger partial charge >= 0.3 is 0 Å². The second-order valence-electron chi connectivity index (χ2n) is 4.89. The van der Waals surface area contributed by atoms with Crippen molar-refractivity contribution in [2.24, 2.45) is 5.73 Å². The Balaban J connectivity index is 2.19. The van der Waals surface area contributed by atoms with Gasteiger partial charge in [-0.25, -0.2) is 9.97 Å². The number of H-pyrrole nitrogens is 1. The van der Waals surface area contributed by atoms with Crippen LogP contribution in [-0.4, -0.2) is 29.0 Å². The maximum Gasteiger partial charge on any atom is 0.133 e. The van der Waals surface area contributed by atoms with Crippen LogP contribution in [0.2, 0.25) is 0 Å². The summed E-state index contributed by atoms with van der Waals surface area (Å²) in [4.78, 5) is 13.8. The fourth-order valence-electron chi connectivity index (χ4n) is 2.44. The molecular weight excluding hydrogens is 250 g/mol. The number of nitrogens with one attached hydrogen (secondary N) is 1. The monoisotopic (exact) mass is 267 g/mol. The van der Waals surface area contributed by atoms with Gasteiger partial charge in [0.15, 0.2) is 0 Å². The number of imidazole rings is 1. The molecule has 0 unspecified atom stereocenters. The molecule has 20 heavy (non-hydrogen) atoms. The number of fused-ring (bicyclic) bond motifs is 1. The average molecular weight is 267 g/mol. The van der Waals surface area contributed by atoms with Crippen molar-refractivity contribution in [3.8, 4) is 11.1 Å².